The summed E-state index contributed by atoms with van der Waals surface area (Å²) >= 11 is 0. The van der Waals surface area contributed by atoms with Crippen molar-refractivity contribution in [3.63, 3.8) is 0 Å². The van der Waals surface area contributed by atoms with E-state index >= 15 is 0 Å². The average molecular weight is 224 g/mol. The van der Waals surface area contributed by atoms with Crippen molar-refractivity contribution in [3.05, 3.63) is 12.3 Å². The van der Waals surface area contributed by atoms with Crippen molar-refractivity contribution in [2.24, 2.45) is 18.7 Å². The van der Waals surface area contributed by atoms with E-state index in [2.05, 4.69) is 24.3 Å². The third-order valence-corrected chi connectivity index (χ3v) is 2.81. The quantitative estimate of drug-likeness (QED) is 0.744. The summed E-state index contributed by atoms with van der Waals surface area (Å²) in [5, 5.41) is 7.52. The van der Waals surface area contributed by atoms with Gasteiger partial charge in [-0.1, -0.05) is 13.3 Å². The second-order valence-corrected chi connectivity index (χ2v) is 4.73. The lowest BCUT2D eigenvalue weighted by Gasteiger charge is -2.14. The molecule has 1 aromatic rings. The molecule has 0 amide bonds. The molecule has 92 valence electrons. The first kappa shape index (κ1) is 13.0. The fourth-order valence-corrected chi connectivity index (χ4v) is 1.72. The number of anilines is 1. The zero-order chi connectivity index (χ0) is 12.0. The van der Waals surface area contributed by atoms with E-state index in [0.717, 1.165) is 18.8 Å². The Bertz CT molecular complexity index is 293. The monoisotopic (exact) mass is 224 g/mol. The van der Waals surface area contributed by atoms with Crippen molar-refractivity contribution in [2.45, 2.75) is 39.2 Å². The lowest BCUT2D eigenvalue weighted by Crippen LogP contribution is -2.17. The summed E-state index contributed by atoms with van der Waals surface area (Å²) in [6.07, 6.45) is 5.37. The average Bonchev–Trinajstić information content (AvgIpc) is 2.60. The second kappa shape index (κ2) is 6.53. The first-order valence-electron chi connectivity index (χ1n) is 6.07. The van der Waals surface area contributed by atoms with Gasteiger partial charge in [0.1, 0.15) is 5.82 Å². The fourth-order valence-electron chi connectivity index (χ4n) is 1.72. The van der Waals surface area contributed by atoms with Gasteiger partial charge in [0, 0.05) is 25.7 Å². The molecule has 1 rings (SSSR count). The van der Waals surface area contributed by atoms with Crippen molar-refractivity contribution < 1.29 is 0 Å². The van der Waals surface area contributed by atoms with Crippen LogP contribution >= 0.6 is 0 Å². The van der Waals surface area contributed by atoms with Crippen LogP contribution in [-0.4, -0.2) is 22.4 Å². The summed E-state index contributed by atoms with van der Waals surface area (Å²) in [4.78, 5) is 0. The SMILES string of the molecule is CC(N)CCCC(C)CNc1ccnn1C. The van der Waals surface area contributed by atoms with E-state index in [1.807, 2.05) is 24.0 Å². The van der Waals surface area contributed by atoms with E-state index in [0.29, 0.717) is 12.0 Å². The van der Waals surface area contributed by atoms with Crippen LogP contribution in [0.25, 0.3) is 0 Å². The number of rotatable bonds is 7. The van der Waals surface area contributed by atoms with Gasteiger partial charge >= 0.3 is 0 Å². The Balaban J connectivity index is 2.15. The Labute approximate surface area is 98.2 Å². The van der Waals surface area contributed by atoms with Crippen LogP contribution in [0.2, 0.25) is 0 Å². The van der Waals surface area contributed by atoms with Gasteiger partial charge in [0.15, 0.2) is 0 Å². The molecule has 2 atom stereocenters. The molecule has 3 N–H and O–H groups in total. The highest BCUT2D eigenvalue weighted by Crippen LogP contribution is 2.11. The summed E-state index contributed by atoms with van der Waals surface area (Å²) in [6.45, 7) is 5.33. The molecular weight excluding hydrogens is 200 g/mol. The lowest BCUT2D eigenvalue weighted by molar-refractivity contribution is 0.495. The molecule has 4 heteroatoms. The third-order valence-electron chi connectivity index (χ3n) is 2.81. The van der Waals surface area contributed by atoms with Gasteiger partial charge < -0.3 is 11.1 Å². The van der Waals surface area contributed by atoms with Crippen LogP contribution in [-0.2, 0) is 7.05 Å². The van der Waals surface area contributed by atoms with Gasteiger partial charge in [-0.3, -0.25) is 4.68 Å². The highest BCUT2D eigenvalue weighted by Gasteiger charge is 2.04. The Kier molecular flexibility index (Phi) is 5.32. The molecule has 2 unspecified atom stereocenters. The molecule has 0 aromatic carbocycles. The van der Waals surface area contributed by atoms with E-state index < -0.39 is 0 Å². The Hall–Kier alpha value is -1.03. The lowest BCUT2D eigenvalue weighted by atomic mass is 10.0. The Morgan fingerprint density at radius 2 is 2.19 bits per heavy atom. The molecule has 0 radical (unpaired) electrons. The molecule has 0 aliphatic heterocycles. The molecule has 4 nitrogen and oxygen atoms in total. The van der Waals surface area contributed by atoms with Crippen LogP contribution in [0.1, 0.15) is 33.1 Å². The minimum Gasteiger partial charge on any atom is -0.370 e. The molecule has 0 spiro atoms. The summed E-state index contributed by atoms with van der Waals surface area (Å²) < 4.78 is 1.86. The van der Waals surface area contributed by atoms with Crippen molar-refractivity contribution in [1.29, 1.82) is 0 Å². The van der Waals surface area contributed by atoms with Crippen molar-refractivity contribution in [1.82, 2.24) is 9.78 Å². The zero-order valence-corrected chi connectivity index (χ0v) is 10.6. The van der Waals surface area contributed by atoms with E-state index in [9.17, 15) is 0 Å². The normalized spacial score (nSPS) is 14.8. The molecule has 0 aliphatic rings. The van der Waals surface area contributed by atoms with Gasteiger partial charge in [-0.15, -0.1) is 0 Å². The maximum Gasteiger partial charge on any atom is 0.123 e. The summed E-state index contributed by atoms with van der Waals surface area (Å²) in [6, 6.07) is 2.33. The maximum atomic E-state index is 5.72. The molecule has 0 saturated heterocycles. The van der Waals surface area contributed by atoms with Gasteiger partial charge in [0.25, 0.3) is 0 Å². The molecule has 0 saturated carbocycles. The van der Waals surface area contributed by atoms with E-state index in [1.165, 1.54) is 12.8 Å². The summed E-state index contributed by atoms with van der Waals surface area (Å²) in [7, 11) is 1.95. The van der Waals surface area contributed by atoms with Crippen molar-refractivity contribution in [3.8, 4) is 0 Å². The largest absolute Gasteiger partial charge is 0.370 e. The standard InChI is InChI=1S/C12H24N4/c1-10(5-4-6-11(2)13)9-14-12-7-8-15-16(12)3/h7-8,10-11,14H,4-6,9,13H2,1-3H3. The Morgan fingerprint density at radius 3 is 2.75 bits per heavy atom. The summed E-state index contributed by atoms with van der Waals surface area (Å²) in [5.74, 6) is 1.76. The molecule has 0 aliphatic carbocycles. The van der Waals surface area contributed by atoms with Crippen LogP contribution in [0.3, 0.4) is 0 Å². The van der Waals surface area contributed by atoms with Gasteiger partial charge in [-0.2, -0.15) is 5.10 Å². The molecule has 0 bridgehead atoms. The van der Waals surface area contributed by atoms with Crippen molar-refractivity contribution >= 4 is 5.82 Å². The number of aromatic nitrogens is 2. The maximum absolute atomic E-state index is 5.72. The number of aryl methyl sites for hydroxylation is 1. The number of nitrogens with zero attached hydrogens (tertiary/aromatic N) is 2. The molecular formula is C12H24N4. The minimum absolute atomic E-state index is 0.331. The first-order chi connectivity index (χ1) is 7.59. The van der Waals surface area contributed by atoms with Gasteiger partial charge in [-0.05, 0) is 25.7 Å². The first-order valence-corrected chi connectivity index (χ1v) is 6.07. The summed E-state index contributed by atoms with van der Waals surface area (Å²) in [5.41, 5.74) is 5.72. The predicted octanol–water partition coefficient (Wildman–Crippen LogP) is 1.99. The fraction of sp³-hybridized carbons (Fsp3) is 0.750. The highest BCUT2D eigenvalue weighted by molar-refractivity contribution is 5.33. The number of hydrogen-bond acceptors (Lipinski definition) is 3. The number of nitrogens with two attached hydrogens (primary N) is 1. The molecule has 16 heavy (non-hydrogen) atoms. The number of nitrogens with one attached hydrogen (secondary N) is 1. The molecule has 0 fully saturated rings. The molecule has 1 heterocycles. The third kappa shape index (κ3) is 4.66. The van der Waals surface area contributed by atoms with Crippen molar-refractivity contribution in [2.75, 3.05) is 11.9 Å². The van der Waals surface area contributed by atoms with Crippen LogP contribution in [0.15, 0.2) is 12.3 Å². The van der Waals surface area contributed by atoms with E-state index in [-0.39, 0.29) is 0 Å². The predicted molar refractivity (Wildman–Crippen MR) is 68.4 cm³/mol. The second-order valence-electron chi connectivity index (χ2n) is 4.73. The van der Waals surface area contributed by atoms with Gasteiger partial charge in [-0.25, -0.2) is 0 Å². The Morgan fingerprint density at radius 1 is 1.44 bits per heavy atom. The van der Waals surface area contributed by atoms with E-state index in [4.69, 9.17) is 5.73 Å². The number of hydrogen-bond donors (Lipinski definition) is 2. The van der Waals surface area contributed by atoms with Crippen LogP contribution in [0.4, 0.5) is 5.82 Å². The smallest absolute Gasteiger partial charge is 0.123 e. The van der Waals surface area contributed by atoms with Gasteiger partial charge in [0.05, 0.1) is 6.20 Å². The van der Waals surface area contributed by atoms with Crippen LogP contribution in [0.5, 0.6) is 0 Å². The van der Waals surface area contributed by atoms with Crippen LogP contribution in [0, 0.1) is 5.92 Å². The van der Waals surface area contributed by atoms with E-state index in [1.54, 1.807) is 0 Å². The molecule has 1 aromatic heterocycles. The zero-order valence-electron chi connectivity index (χ0n) is 10.6. The minimum atomic E-state index is 0.331. The topological polar surface area (TPSA) is 55.9 Å². The van der Waals surface area contributed by atoms with Crippen LogP contribution < -0.4 is 11.1 Å². The highest BCUT2D eigenvalue weighted by atomic mass is 15.3. The van der Waals surface area contributed by atoms with Gasteiger partial charge in [0.2, 0.25) is 0 Å².